The molecule has 0 bridgehead atoms. The van der Waals surface area contributed by atoms with Crippen molar-refractivity contribution in [1.82, 2.24) is 5.32 Å². The van der Waals surface area contributed by atoms with Gasteiger partial charge in [0.05, 0.1) is 0 Å². The largest absolute Gasteiger partial charge is 0.480 e. The molecule has 0 radical (unpaired) electrons. The lowest BCUT2D eigenvalue weighted by molar-refractivity contribution is -0.140. The molecule has 1 atom stereocenters. The molecule has 0 aliphatic heterocycles. The summed E-state index contributed by atoms with van der Waals surface area (Å²) in [6.07, 6.45) is 19.4. The second-order valence-electron chi connectivity index (χ2n) is 9.11. The Balaban J connectivity index is 4.82. The van der Waals surface area contributed by atoms with Gasteiger partial charge in [-0.3, -0.25) is 14.9 Å². The van der Waals surface area contributed by atoms with Crippen molar-refractivity contribution >= 4 is 11.9 Å². The molecule has 0 aromatic carbocycles. The van der Waals surface area contributed by atoms with E-state index in [2.05, 4.69) is 26.1 Å². The van der Waals surface area contributed by atoms with Crippen LogP contribution in [0.3, 0.4) is 0 Å². The van der Waals surface area contributed by atoms with Crippen molar-refractivity contribution in [3.63, 3.8) is 0 Å². The van der Waals surface area contributed by atoms with Crippen LogP contribution < -0.4 is 11.1 Å². The zero-order valence-electron chi connectivity index (χ0n) is 20.1. The second kappa shape index (κ2) is 18.7. The van der Waals surface area contributed by atoms with Crippen molar-refractivity contribution in [3.8, 4) is 0 Å². The molecule has 5 nitrogen and oxygen atoms in total. The first kappa shape index (κ1) is 28.9. The standard InChI is InChI=1S/C25H50N2O3/c1-4-7-10-11-12-13-14-15-16-21-25(19-8-5-2,20-9-6-3)27-22(24(29)30)17-18-23(26)28/h22,27H,4-21H2,1-3H3,(H2,26,28)(H,29,30). The number of unbranched alkanes of at least 4 members (excludes halogenated alkanes) is 10. The molecule has 1 unspecified atom stereocenters. The van der Waals surface area contributed by atoms with Gasteiger partial charge in [-0.25, -0.2) is 0 Å². The maximum absolute atomic E-state index is 11.8. The number of nitrogens with one attached hydrogen (secondary N) is 1. The van der Waals surface area contributed by atoms with E-state index >= 15 is 0 Å². The van der Waals surface area contributed by atoms with Gasteiger partial charge in [-0.05, 0) is 25.7 Å². The van der Waals surface area contributed by atoms with E-state index in [0.717, 1.165) is 51.4 Å². The number of carboxylic acid groups (broad SMARTS) is 1. The molecule has 0 heterocycles. The maximum Gasteiger partial charge on any atom is 0.320 e. The molecule has 0 spiro atoms. The summed E-state index contributed by atoms with van der Waals surface area (Å²) in [5.74, 6) is -1.31. The van der Waals surface area contributed by atoms with Crippen LogP contribution in [0.25, 0.3) is 0 Å². The van der Waals surface area contributed by atoms with E-state index in [1.165, 1.54) is 51.4 Å². The molecule has 0 saturated carbocycles. The van der Waals surface area contributed by atoms with Crippen LogP contribution in [0.4, 0.5) is 0 Å². The van der Waals surface area contributed by atoms with Gasteiger partial charge >= 0.3 is 5.97 Å². The third kappa shape index (κ3) is 14.8. The summed E-state index contributed by atoms with van der Waals surface area (Å²) >= 11 is 0. The summed E-state index contributed by atoms with van der Waals surface area (Å²) < 4.78 is 0. The van der Waals surface area contributed by atoms with E-state index in [4.69, 9.17) is 5.73 Å². The van der Waals surface area contributed by atoms with Crippen LogP contribution in [0.2, 0.25) is 0 Å². The van der Waals surface area contributed by atoms with E-state index < -0.39 is 17.9 Å². The summed E-state index contributed by atoms with van der Waals surface area (Å²) in [5.41, 5.74) is 5.13. The fraction of sp³-hybridized carbons (Fsp3) is 0.920. The lowest BCUT2D eigenvalue weighted by Gasteiger charge is -2.38. The van der Waals surface area contributed by atoms with Gasteiger partial charge in [0, 0.05) is 12.0 Å². The minimum Gasteiger partial charge on any atom is -0.480 e. The Hall–Kier alpha value is -1.10. The molecule has 1 amide bonds. The Morgan fingerprint density at radius 2 is 1.20 bits per heavy atom. The molecule has 0 aliphatic rings. The number of hydrogen-bond donors (Lipinski definition) is 3. The predicted molar refractivity (Wildman–Crippen MR) is 127 cm³/mol. The highest BCUT2D eigenvalue weighted by Gasteiger charge is 2.33. The highest BCUT2D eigenvalue weighted by Crippen LogP contribution is 2.29. The maximum atomic E-state index is 11.8. The van der Waals surface area contributed by atoms with Crippen LogP contribution in [0.15, 0.2) is 0 Å². The van der Waals surface area contributed by atoms with Crippen molar-refractivity contribution in [2.24, 2.45) is 5.73 Å². The molecule has 178 valence electrons. The topological polar surface area (TPSA) is 92.4 Å². The lowest BCUT2D eigenvalue weighted by atomic mass is 9.81. The monoisotopic (exact) mass is 426 g/mol. The first-order valence-corrected chi connectivity index (χ1v) is 12.7. The Kier molecular flexibility index (Phi) is 18.0. The van der Waals surface area contributed by atoms with Gasteiger partial charge < -0.3 is 10.8 Å². The van der Waals surface area contributed by atoms with Gasteiger partial charge in [-0.1, -0.05) is 104 Å². The highest BCUT2D eigenvalue weighted by atomic mass is 16.4. The van der Waals surface area contributed by atoms with Crippen LogP contribution in [-0.2, 0) is 9.59 Å². The SMILES string of the molecule is CCCCCCCCCCCC(CCCC)(CCCC)NC(CCC(N)=O)C(=O)O. The molecule has 0 rings (SSSR count). The van der Waals surface area contributed by atoms with Gasteiger partial charge in [0.15, 0.2) is 0 Å². The quantitative estimate of drug-likeness (QED) is 0.176. The average molecular weight is 427 g/mol. The normalized spacial score (nSPS) is 12.8. The number of primary amides is 1. The van der Waals surface area contributed by atoms with Crippen LogP contribution >= 0.6 is 0 Å². The minimum absolute atomic E-state index is 0.111. The third-order valence-electron chi connectivity index (χ3n) is 6.23. The van der Waals surface area contributed by atoms with Gasteiger partial charge in [0.2, 0.25) is 5.91 Å². The van der Waals surface area contributed by atoms with Crippen molar-refractivity contribution in [3.05, 3.63) is 0 Å². The number of rotatable bonds is 22. The number of aliphatic carboxylic acids is 1. The number of amides is 1. The predicted octanol–water partition coefficient (Wildman–Crippen LogP) is 6.33. The lowest BCUT2D eigenvalue weighted by Crippen LogP contribution is -2.53. The summed E-state index contributed by atoms with van der Waals surface area (Å²) in [6.45, 7) is 6.62. The van der Waals surface area contributed by atoms with Crippen molar-refractivity contribution < 1.29 is 14.7 Å². The number of carbonyl (C=O) groups is 2. The molecule has 0 saturated heterocycles. The number of carboxylic acids is 1. The number of nitrogens with two attached hydrogens (primary N) is 1. The van der Waals surface area contributed by atoms with E-state index in [-0.39, 0.29) is 18.4 Å². The smallest absolute Gasteiger partial charge is 0.320 e. The summed E-state index contributed by atoms with van der Waals surface area (Å²) in [6, 6.07) is -0.704. The molecule has 0 aliphatic carbocycles. The van der Waals surface area contributed by atoms with E-state index in [9.17, 15) is 14.7 Å². The van der Waals surface area contributed by atoms with Crippen LogP contribution in [0, 0.1) is 0 Å². The Morgan fingerprint density at radius 1 is 0.767 bits per heavy atom. The van der Waals surface area contributed by atoms with Crippen LogP contribution in [-0.4, -0.2) is 28.6 Å². The van der Waals surface area contributed by atoms with E-state index in [1.54, 1.807) is 0 Å². The zero-order valence-corrected chi connectivity index (χ0v) is 20.1. The summed E-state index contributed by atoms with van der Waals surface area (Å²) in [4.78, 5) is 23.0. The molecule has 0 aromatic rings. The summed E-state index contributed by atoms with van der Waals surface area (Å²) in [5, 5.41) is 13.2. The van der Waals surface area contributed by atoms with Gasteiger partial charge in [0.25, 0.3) is 0 Å². The average Bonchev–Trinajstić information content (AvgIpc) is 2.71. The first-order chi connectivity index (χ1) is 14.4. The molecule has 0 aromatic heterocycles. The number of carbonyl (C=O) groups excluding carboxylic acids is 1. The molecule has 0 fully saturated rings. The van der Waals surface area contributed by atoms with Crippen molar-refractivity contribution in [2.75, 3.05) is 0 Å². The minimum atomic E-state index is -0.874. The van der Waals surface area contributed by atoms with Gasteiger partial charge in [0.1, 0.15) is 6.04 Å². The molecular formula is C25H50N2O3. The zero-order chi connectivity index (χ0) is 22.7. The second-order valence-corrected chi connectivity index (χ2v) is 9.11. The van der Waals surface area contributed by atoms with Gasteiger partial charge in [-0.15, -0.1) is 0 Å². The van der Waals surface area contributed by atoms with Crippen LogP contribution in [0.1, 0.15) is 136 Å². The van der Waals surface area contributed by atoms with E-state index in [0.29, 0.717) is 0 Å². The Morgan fingerprint density at radius 3 is 1.63 bits per heavy atom. The fourth-order valence-electron chi connectivity index (χ4n) is 4.31. The third-order valence-corrected chi connectivity index (χ3v) is 6.23. The summed E-state index contributed by atoms with van der Waals surface area (Å²) in [7, 11) is 0. The molecular weight excluding hydrogens is 376 g/mol. The Labute approximate surface area is 186 Å². The molecule has 4 N–H and O–H groups in total. The van der Waals surface area contributed by atoms with E-state index in [1.807, 2.05) is 0 Å². The molecule has 30 heavy (non-hydrogen) atoms. The van der Waals surface area contributed by atoms with Gasteiger partial charge in [-0.2, -0.15) is 0 Å². The highest BCUT2D eigenvalue weighted by molar-refractivity contribution is 5.77. The first-order valence-electron chi connectivity index (χ1n) is 12.7. The van der Waals surface area contributed by atoms with Crippen molar-refractivity contribution in [1.29, 1.82) is 0 Å². The van der Waals surface area contributed by atoms with Crippen molar-refractivity contribution in [2.45, 2.75) is 148 Å². The Bertz CT molecular complexity index is 432. The fourth-order valence-corrected chi connectivity index (χ4v) is 4.31. The molecule has 5 heteroatoms. The van der Waals surface area contributed by atoms with Crippen LogP contribution in [0.5, 0.6) is 0 Å². The number of hydrogen-bond acceptors (Lipinski definition) is 3.